The van der Waals surface area contributed by atoms with Crippen LogP contribution in [0.1, 0.15) is 21.5 Å². The molecular weight excluding hydrogens is 376 g/mol. The molecule has 0 aliphatic rings. The molecule has 0 fully saturated rings. The van der Waals surface area contributed by atoms with E-state index in [0.717, 1.165) is 16.5 Å². The minimum Gasteiger partial charge on any atom is -0.497 e. The van der Waals surface area contributed by atoms with Crippen LogP contribution in [0.4, 0.5) is 5.69 Å². The number of aromatic amines is 1. The molecule has 4 aromatic rings. The predicted octanol–water partition coefficient (Wildman–Crippen LogP) is 4.69. The highest BCUT2D eigenvalue weighted by atomic mass is 16.5. The van der Waals surface area contributed by atoms with Crippen LogP contribution in [-0.4, -0.2) is 18.0 Å². The number of H-pyrrole nitrogens is 1. The lowest BCUT2D eigenvalue weighted by molar-refractivity contribution is 0.0985. The molecule has 0 bridgehead atoms. The highest BCUT2D eigenvalue weighted by molar-refractivity contribution is 6.06. The molecule has 3 aromatic carbocycles. The summed E-state index contributed by atoms with van der Waals surface area (Å²) in [4.78, 5) is 30.7. The molecule has 0 atom stereocenters. The van der Waals surface area contributed by atoms with Crippen molar-refractivity contribution in [3.63, 3.8) is 0 Å². The number of fused-ring (bicyclic) bond motifs is 1. The third kappa shape index (κ3) is 3.96. The van der Waals surface area contributed by atoms with Crippen LogP contribution >= 0.6 is 0 Å². The van der Waals surface area contributed by atoms with Crippen LogP contribution in [0.15, 0.2) is 83.7 Å². The molecule has 1 aromatic heterocycles. The molecule has 5 heteroatoms. The maximum atomic E-state index is 13.3. The van der Waals surface area contributed by atoms with Gasteiger partial charge in [-0.05, 0) is 54.3 Å². The van der Waals surface area contributed by atoms with Gasteiger partial charge < -0.3 is 14.6 Å². The fraction of sp³-hybridized carbons (Fsp3) is 0.120. The first kappa shape index (κ1) is 19.5. The van der Waals surface area contributed by atoms with E-state index in [-0.39, 0.29) is 18.0 Å². The summed E-state index contributed by atoms with van der Waals surface area (Å²) in [7, 11) is 1.58. The number of aromatic nitrogens is 1. The van der Waals surface area contributed by atoms with Gasteiger partial charge in [0.2, 0.25) is 0 Å². The molecule has 1 heterocycles. The Hall–Kier alpha value is -3.86. The highest BCUT2D eigenvalue weighted by Crippen LogP contribution is 2.25. The Bertz CT molecular complexity index is 1260. The summed E-state index contributed by atoms with van der Waals surface area (Å²) >= 11 is 0. The number of amides is 1. The van der Waals surface area contributed by atoms with Crippen LogP contribution in [0.2, 0.25) is 0 Å². The Labute approximate surface area is 174 Å². The molecule has 0 aliphatic carbocycles. The summed E-state index contributed by atoms with van der Waals surface area (Å²) in [5, 5.41) is 0.924. The minimum atomic E-state index is -0.207. The second-order valence-electron chi connectivity index (χ2n) is 7.17. The Kier molecular flexibility index (Phi) is 5.35. The van der Waals surface area contributed by atoms with Gasteiger partial charge in [-0.1, -0.05) is 36.4 Å². The van der Waals surface area contributed by atoms with Gasteiger partial charge in [0.25, 0.3) is 11.5 Å². The first-order chi connectivity index (χ1) is 14.5. The molecule has 1 amide bonds. The molecule has 0 saturated heterocycles. The van der Waals surface area contributed by atoms with Gasteiger partial charge in [-0.25, -0.2) is 0 Å². The molecule has 5 nitrogen and oxygen atoms in total. The van der Waals surface area contributed by atoms with Crippen molar-refractivity contribution in [3.8, 4) is 5.75 Å². The van der Waals surface area contributed by atoms with Crippen molar-refractivity contribution in [1.82, 2.24) is 4.98 Å². The SMILES string of the molecule is COc1cccc(N(Cc2cc3ccc(C)cc3[nH]c2=O)C(=O)c2ccccc2)c1. The Morgan fingerprint density at radius 3 is 2.53 bits per heavy atom. The molecule has 4 rings (SSSR count). The summed E-state index contributed by atoms with van der Waals surface area (Å²) in [5.74, 6) is 0.452. The number of benzene rings is 3. The first-order valence-electron chi connectivity index (χ1n) is 9.69. The Balaban J connectivity index is 1.79. The minimum absolute atomic E-state index is 0.139. The lowest BCUT2D eigenvalue weighted by Crippen LogP contribution is -2.32. The third-order valence-corrected chi connectivity index (χ3v) is 5.04. The van der Waals surface area contributed by atoms with E-state index < -0.39 is 0 Å². The average molecular weight is 398 g/mol. The van der Waals surface area contributed by atoms with Crippen molar-refractivity contribution in [2.45, 2.75) is 13.5 Å². The summed E-state index contributed by atoms with van der Waals surface area (Å²) in [5.41, 5.74) is 3.37. The lowest BCUT2D eigenvalue weighted by Gasteiger charge is -2.23. The number of anilines is 1. The van der Waals surface area contributed by atoms with Crippen LogP contribution in [0.5, 0.6) is 5.75 Å². The summed E-state index contributed by atoms with van der Waals surface area (Å²) < 4.78 is 5.33. The van der Waals surface area contributed by atoms with Crippen LogP contribution < -0.4 is 15.2 Å². The van der Waals surface area contributed by atoms with Crippen molar-refractivity contribution in [3.05, 3.63) is 106 Å². The van der Waals surface area contributed by atoms with Gasteiger partial charge in [0.15, 0.2) is 0 Å². The van der Waals surface area contributed by atoms with E-state index in [1.54, 1.807) is 30.2 Å². The van der Waals surface area contributed by atoms with Crippen molar-refractivity contribution in [2.75, 3.05) is 12.0 Å². The van der Waals surface area contributed by atoms with Crippen LogP contribution in [-0.2, 0) is 6.54 Å². The van der Waals surface area contributed by atoms with Crippen molar-refractivity contribution >= 4 is 22.5 Å². The van der Waals surface area contributed by atoms with E-state index >= 15 is 0 Å². The topological polar surface area (TPSA) is 62.4 Å². The Morgan fingerprint density at radius 1 is 0.967 bits per heavy atom. The second-order valence-corrected chi connectivity index (χ2v) is 7.17. The van der Waals surface area contributed by atoms with E-state index in [9.17, 15) is 9.59 Å². The van der Waals surface area contributed by atoms with E-state index in [4.69, 9.17) is 4.74 Å². The largest absolute Gasteiger partial charge is 0.497 e. The second kappa shape index (κ2) is 8.25. The van der Waals surface area contributed by atoms with E-state index in [0.29, 0.717) is 22.6 Å². The van der Waals surface area contributed by atoms with E-state index in [1.165, 1.54) is 0 Å². The van der Waals surface area contributed by atoms with Gasteiger partial charge >= 0.3 is 0 Å². The van der Waals surface area contributed by atoms with Gasteiger partial charge in [0.05, 0.1) is 13.7 Å². The predicted molar refractivity (Wildman–Crippen MR) is 119 cm³/mol. The van der Waals surface area contributed by atoms with Crippen LogP contribution in [0.3, 0.4) is 0 Å². The molecular formula is C25H22N2O3. The number of carbonyl (C=O) groups excluding carboxylic acids is 1. The van der Waals surface area contributed by atoms with Crippen molar-refractivity contribution in [2.24, 2.45) is 0 Å². The van der Waals surface area contributed by atoms with Gasteiger partial charge in [-0.2, -0.15) is 0 Å². The number of hydrogen-bond donors (Lipinski definition) is 1. The number of hydrogen-bond acceptors (Lipinski definition) is 3. The van der Waals surface area contributed by atoms with Crippen molar-refractivity contribution < 1.29 is 9.53 Å². The number of nitrogens with one attached hydrogen (secondary N) is 1. The summed E-state index contributed by atoms with van der Waals surface area (Å²) in [6.45, 7) is 2.12. The van der Waals surface area contributed by atoms with E-state index in [1.807, 2.05) is 67.6 Å². The number of nitrogens with zero attached hydrogens (tertiary/aromatic N) is 1. The molecule has 0 unspecified atom stereocenters. The maximum absolute atomic E-state index is 13.3. The smallest absolute Gasteiger partial charge is 0.258 e. The molecule has 0 saturated carbocycles. The molecule has 0 aliphatic heterocycles. The highest BCUT2D eigenvalue weighted by Gasteiger charge is 2.20. The summed E-state index contributed by atoms with van der Waals surface area (Å²) in [6.07, 6.45) is 0. The normalized spacial score (nSPS) is 10.7. The molecule has 30 heavy (non-hydrogen) atoms. The van der Waals surface area contributed by atoms with Gasteiger partial charge in [-0.15, -0.1) is 0 Å². The third-order valence-electron chi connectivity index (χ3n) is 5.04. The number of rotatable bonds is 5. The average Bonchev–Trinajstić information content (AvgIpc) is 2.78. The Morgan fingerprint density at radius 2 is 1.77 bits per heavy atom. The van der Waals surface area contributed by atoms with E-state index in [2.05, 4.69) is 4.98 Å². The summed E-state index contributed by atoms with van der Waals surface area (Å²) in [6, 6.07) is 24.1. The number of methoxy groups -OCH3 is 1. The standard InChI is InChI=1S/C25H22N2O3/c1-17-11-12-19-14-20(24(28)26-23(19)13-17)16-27(21-9-6-10-22(15-21)30-2)25(29)18-7-4-3-5-8-18/h3-15H,16H2,1-2H3,(H,26,28). The van der Waals surface area contributed by atoms with Crippen LogP contribution in [0.25, 0.3) is 10.9 Å². The molecule has 0 radical (unpaired) electrons. The molecule has 0 spiro atoms. The zero-order valence-electron chi connectivity index (χ0n) is 16.9. The number of pyridine rings is 1. The molecule has 1 N–H and O–H groups in total. The molecule has 150 valence electrons. The monoisotopic (exact) mass is 398 g/mol. The lowest BCUT2D eigenvalue weighted by atomic mass is 10.1. The zero-order valence-corrected chi connectivity index (χ0v) is 16.9. The number of aryl methyl sites for hydroxylation is 1. The fourth-order valence-electron chi connectivity index (χ4n) is 3.44. The van der Waals surface area contributed by atoms with Crippen LogP contribution in [0, 0.1) is 6.92 Å². The van der Waals surface area contributed by atoms with Gasteiger partial charge in [0, 0.05) is 28.4 Å². The van der Waals surface area contributed by atoms with Crippen molar-refractivity contribution in [1.29, 1.82) is 0 Å². The quantitative estimate of drug-likeness (QED) is 0.530. The zero-order chi connectivity index (χ0) is 21.1. The van der Waals surface area contributed by atoms with Gasteiger partial charge in [0.1, 0.15) is 5.75 Å². The van der Waals surface area contributed by atoms with Gasteiger partial charge in [-0.3, -0.25) is 9.59 Å². The number of ether oxygens (including phenoxy) is 1. The first-order valence-corrected chi connectivity index (χ1v) is 9.69. The number of carbonyl (C=O) groups is 1. The fourth-order valence-corrected chi connectivity index (χ4v) is 3.44. The maximum Gasteiger partial charge on any atom is 0.258 e.